The van der Waals surface area contributed by atoms with Crippen molar-refractivity contribution in [1.29, 1.82) is 0 Å². The number of aryl methyl sites for hydroxylation is 1. The third-order valence-electron chi connectivity index (χ3n) is 6.28. The van der Waals surface area contributed by atoms with Crippen LogP contribution in [-0.2, 0) is 6.42 Å². The van der Waals surface area contributed by atoms with Crippen LogP contribution in [0.5, 0.6) is 11.5 Å². The summed E-state index contributed by atoms with van der Waals surface area (Å²) in [5.74, 6) is 2.32. The van der Waals surface area contributed by atoms with Gasteiger partial charge >= 0.3 is 0 Å². The van der Waals surface area contributed by atoms with Gasteiger partial charge in [-0.25, -0.2) is 9.97 Å². The maximum Gasteiger partial charge on any atom is 0.225 e. The van der Waals surface area contributed by atoms with Crippen molar-refractivity contribution in [2.45, 2.75) is 13.3 Å². The Morgan fingerprint density at radius 3 is 2.29 bits per heavy atom. The van der Waals surface area contributed by atoms with Crippen molar-refractivity contribution in [3.05, 3.63) is 76.7 Å². The third kappa shape index (κ3) is 5.10. The lowest BCUT2D eigenvalue weighted by Crippen LogP contribution is -2.47. The van der Waals surface area contributed by atoms with E-state index in [0.29, 0.717) is 11.4 Å². The van der Waals surface area contributed by atoms with Crippen molar-refractivity contribution in [1.82, 2.24) is 15.0 Å². The molecule has 0 radical (unpaired) electrons. The fourth-order valence-corrected chi connectivity index (χ4v) is 4.72. The summed E-state index contributed by atoms with van der Waals surface area (Å²) in [5, 5.41) is 1.82. The summed E-state index contributed by atoms with van der Waals surface area (Å²) in [6, 6.07) is 15.9. The molecule has 1 aliphatic rings. The Bertz CT molecular complexity index is 1330. The van der Waals surface area contributed by atoms with Gasteiger partial charge in [-0.2, -0.15) is 0 Å². The van der Waals surface area contributed by atoms with Crippen LogP contribution in [0.4, 0.5) is 11.6 Å². The standard InChI is InChI=1S/C27H28ClN5O2/c1-18-12-21(13-19-14-22(34-2)17-23(15-19)35-3)31-27(30-18)33-10-8-32(9-11-33)26-6-7-29-25-16-20(28)4-5-24(25)26/h4-7,12,14-17H,8-11,13H2,1-3H3. The van der Waals surface area contributed by atoms with Crippen molar-refractivity contribution in [2.24, 2.45) is 0 Å². The maximum atomic E-state index is 6.16. The Labute approximate surface area is 210 Å². The monoisotopic (exact) mass is 489 g/mol. The van der Waals surface area contributed by atoms with Gasteiger partial charge < -0.3 is 19.3 Å². The van der Waals surface area contributed by atoms with E-state index in [2.05, 4.69) is 26.9 Å². The molecule has 0 aliphatic carbocycles. The Kier molecular flexibility index (Phi) is 6.59. The van der Waals surface area contributed by atoms with E-state index in [0.717, 1.165) is 71.5 Å². The molecule has 0 bridgehead atoms. The first kappa shape index (κ1) is 23.2. The Hall–Kier alpha value is -3.58. The molecule has 0 saturated carbocycles. The summed E-state index contributed by atoms with van der Waals surface area (Å²) >= 11 is 6.16. The minimum Gasteiger partial charge on any atom is -0.497 e. The van der Waals surface area contributed by atoms with Crippen LogP contribution in [0.25, 0.3) is 10.9 Å². The van der Waals surface area contributed by atoms with Gasteiger partial charge in [0.1, 0.15) is 11.5 Å². The van der Waals surface area contributed by atoms with E-state index in [1.54, 1.807) is 14.2 Å². The summed E-state index contributed by atoms with van der Waals surface area (Å²) in [4.78, 5) is 18.8. The highest BCUT2D eigenvalue weighted by atomic mass is 35.5. The number of pyridine rings is 1. The minimum atomic E-state index is 0.676. The van der Waals surface area contributed by atoms with E-state index in [9.17, 15) is 0 Å². The second kappa shape index (κ2) is 9.96. The van der Waals surface area contributed by atoms with Crippen LogP contribution in [0.3, 0.4) is 0 Å². The number of hydrogen-bond donors (Lipinski definition) is 0. The average Bonchev–Trinajstić information content (AvgIpc) is 2.87. The number of piperazine rings is 1. The van der Waals surface area contributed by atoms with Crippen molar-refractivity contribution in [3.63, 3.8) is 0 Å². The summed E-state index contributed by atoms with van der Waals surface area (Å²) in [6.45, 7) is 5.45. The van der Waals surface area contributed by atoms with Gasteiger partial charge in [-0.15, -0.1) is 0 Å². The van der Waals surface area contributed by atoms with E-state index in [4.69, 9.17) is 31.0 Å². The number of rotatable bonds is 6. The summed E-state index contributed by atoms with van der Waals surface area (Å²) in [7, 11) is 3.32. The highest BCUT2D eigenvalue weighted by molar-refractivity contribution is 6.31. The molecule has 1 fully saturated rings. The van der Waals surface area contributed by atoms with Gasteiger partial charge in [-0.1, -0.05) is 11.6 Å². The largest absolute Gasteiger partial charge is 0.497 e. The van der Waals surface area contributed by atoms with Crippen LogP contribution in [0.1, 0.15) is 17.0 Å². The van der Waals surface area contributed by atoms with Gasteiger partial charge in [-0.3, -0.25) is 4.98 Å². The van der Waals surface area contributed by atoms with Crippen LogP contribution in [0.2, 0.25) is 5.02 Å². The number of halogens is 1. The van der Waals surface area contributed by atoms with Gasteiger partial charge in [0.2, 0.25) is 5.95 Å². The van der Waals surface area contributed by atoms with Gasteiger partial charge in [-0.05, 0) is 55.0 Å². The third-order valence-corrected chi connectivity index (χ3v) is 6.51. The van der Waals surface area contributed by atoms with E-state index in [1.165, 1.54) is 5.69 Å². The Balaban J connectivity index is 1.33. The predicted molar refractivity (Wildman–Crippen MR) is 140 cm³/mol. The zero-order valence-electron chi connectivity index (χ0n) is 20.2. The number of hydrogen-bond acceptors (Lipinski definition) is 7. The number of anilines is 2. The van der Waals surface area contributed by atoms with E-state index < -0.39 is 0 Å². The average molecular weight is 490 g/mol. The van der Waals surface area contributed by atoms with E-state index in [-0.39, 0.29) is 0 Å². The van der Waals surface area contributed by atoms with Crippen LogP contribution < -0.4 is 19.3 Å². The van der Waals surface area contributed by atoms with Crippen LogP contribution in [-0.4, -0.2) is 55.4 Å². The van der Waals surface area contributed by atoms with Crippen molar-refractivity contribution in [2.75, 3.05) is 50.2 Å². The molecule has 0 unspecified atom stereocenters. The SMILES string of the molecule is COc1cc(Cc2cc(C)nc(N3CCN(c4ccnc5cc(Cl)ccc45)CC3)n2)cc(OC)c1. The zero-order chi connectivity index (χ0) is 24.4. The molecule has 0 atom stereocenters. The predicted octanol–water partition coefficient (Wildman–Crippen LogP) is 4.92. The molecule has 7 nitrogen and oxygen atoms in total. The number of nitrogens with zero attached hydrogens (tertiary/aromatic N) is 5. The van der Waals surface area contributed by atoms with Crippen LogP contribution >= 0.6 is 11.6 Å². The molecule has 1 aliphatic heterocycles. The molecule has 4 aromatic rings. The summed E-state index contributed by atoms with van der Waals surface area (Å²) < 4.78 is 10.8. The van der Waals surface area contributed by atoms with E-state index in [1.807, 2.05) is 49.5 Å². The summed E-state index contributed by atoms with van der Waals surface area (Å²) in [6.07, 6.45) is 2.53. The molecule has 1 saturated heterocycles. The molecule has 2 aromatic carbocycles. The minimum absolute atomic E-state index is 0.676. The van der Waals surface area contributed by atoms with Crippen molar-refractivity contribution < 1.29 is 9.47 Å². The molecule has 0 N–H and O–H groups in total. The molecule has 3 heterocycles. The van der Waals surface area contributed by atoms with Gasteiger partial charge in [0.15, 0.2) is 0 Å². The highest BCUT2D eigenvalue weighted by Crippen LogP contribution is 2.29. The number of aromatic nitrogens is 3. The second-order valence-electron chi connectivity index (χ2n) is 8.66. The number of ether oxygens (including phenoxy) is 2. The first-order valence-electron chi connectivity index (χ1n) is 11.6. The van der Waals surface area contributed by atoms with Crippen molar-refractivity contribution in [3.8, 4) is 11.5 Å². The van der Waals surface area contributed by atoms with E-state index >= 15 is 0 Å². The molecular weight excluding hydrogens is 462 g/mol. The normalized spacial score (nSPS) is 13.8. The molecule has 5 rings (SSSR count). The Morgan fingerprint density at radius 2 is 1.57 bits per heavy atom. The van der Waals surface area contributed by atoms with Gasteiger partial charge in [0.25, 0.3) is 0 Å². The maximum absolute atomic E-state index is 6.16. The number of methoxy groups -OCH3 is 2. The van der Waals surface area contributed by atoms with Crippen molar-refractivity contribution >= 4 is 34.1 Å². The molecule has 0 amide bonds. The molecular formula is C27H28ClN5O2. The first-order chi connectivity index (χ1) is 17.0. The number of benzene rings is 2. The first-order valence-corrected chi connectivity index (χ1v) is 12.0. The second-order valence-corrected chi connectivity index (χ2v) is 9.10. The fourth-order valence-electron chi connectivity index (χ4n) is 4.56. The molecule has 0 spiro atoms. The molecule has 180 valence electrons. The topological polar surface area (TPSA) is 63.6 Å². The lowest BCUT2D eigenvalue weighted by atomic mass is 10.1. The zero-order valence-corrected chi connectivity index (χ0v) is 20.9. The Morgan fingerprint density at radius 1 is 0.857 bits per heavy atom. The van der Waals surface area contributed by atoms with Crippen LogP contribution in [0, 0.1) is 6.92 Å². The summed E-state index contributed by atoms with van der Waals surface area (Å²) in [5.41, 5.74) is 5.11. The fraction of sp³-hybridized carbons (Fsp3) is 0.296. The molecule has 2 aromatic heterocycles. The van der Waals surface area contributed by atoms with Crippen LogP contribution in [0.15, 0.2) is 54.7 Å². The lowest BCUT2D eigenvalue weighted by molar-refractivity contribution is 0.393. The number of fused-ring (bicyclic) bond motifs is 1. The highest BCUT2D eigenvalue weighted by Gasteiger charge is 2.21. The quantitative estimate of drug-likeness (QED) is 0.381. The smallest absolute Gasteiger partial charge is 0.225 e. The molecule has 35 heavy (non-hydrogen) atoms. The molecule has 8 heteroatoms. The van der Waals surface area contributed by atoms with Gasteiger partial charge in [0, 0.05) is 66.7 Å². The van der Waals surface area contributed by atoms with Gasteiger partial charge in [0.05, 0.1) is 25.4 Å². The lowest BCUT2D eigenvalue weighted by Gasteiger charge is -2.36.